The molecule has 0 spiro atoms. The van der Waals surface area contributed by atoms with E-state index in [1.54, 1.807) is 47.5 Å². The van der Waals surface area contributed by atoms with Crippen LogP contribution in [0.2, 0.25) is 0 Å². The molecular formula is C19H20FN3O2. The summed E-state index contributed by atoms with van der Waals surface area (Å²) >= 11 is 0. The van der Waals surface area contributed by atoms with E-state index in [0.717, 1.165) is 0 Å². The number of hydrogen-bond donors (Lipinski definition) is 1. The lowest BCUT2D eigenvalue weighted by molar-refractivity contribution is 0.207. The van der Waals surface area contributed by atoms with Gasteiger partial charge in [-0.2, -0.15) is 0 Å². The molecule has 2 rings (SSSR count). The molecule has 1 N–H and O–H groups in total. The van der Waals surface area contributed by atoms with Gasteiger partial charge in [0.1, 0.15) is 11.6 Å². The summed E-state index contributed by atoms with van der Waals surface area (Å²) in [6, 6.07) is 9.07. The lowest BCUT2D eigenvalue weighted by atomic mass is 10.2. The molecule has 5 nitrogen and oxygen atoms in total. The lowest BCUT2D eigenvalue weighted by Gasteiger charge is -2.20. The third kappa shape index (κ3) is 5.46. The molecule has 0 saturated heterocycles. The lowest BCUT2D eigenvalue weighted by Crippen LogP contribution is -2.39. The SMILES string of the molecule is C=CCN(CC=C)C(=O)NCc1cccnc1Oc1cccc(F)c1. The first-order chi connectivity index (χ1) is 12.1. The van der Waals surface area contributed by atoms with Gasteiger partial charge in [0, 0.05) is 37.5 Å². The van der Waals surface area contributed by atoms with Gasteiger partial charge in [0.05, 0.1) is 0 Å². The van der Waals surface area contributed by atoms with Crippen LogP contribution >= 0.6 is 0 Å². The van der Waals surface area contributed by atoms with Crippen LogP contribution in [-0.4, -0.2) is 29.0 Å². The molecule has 130 valence electrons. The summed E-state index contributed by atoms with van der Waals surface area (Å²) in [5.74, 6) is 0.256. The highest BCUT2D eigenvalue weighted by Gasteiger charge is 2.12. The monoisotopic (exact) mass is 341 g/mol. The maximum absolute atomic E-state index is 13.3. The van der Waals surface area contributed by atoms with Crippen molar-refractivity contribution in [2.45, 2.75) is 6.54 Å². The average molecular weight is 341 g/mol. The normalized spacial score (nSPS) is 9.96. The van der Waals surface area contributed by atoms with Gasteiger partial charge in [-0.1, -0.05) is 24.3 Å². The molecule has 0 aliphatic heterocycles. The highest BCUT2D eigenvalue weighted by Crippen LogP contribution is 2.23. The predicted molar refractivity (Wildman–Crippen MR) is 94.9 cm³/mol. The number of benzene rings is 1. The van der Waals surface area contributed by atoms with Crippen molar-refractivity contribution in [3.63, 3.8) is 0 Å². The molecule has 0 saturated carbocycles. The third-order valence-electron chi connectivity index (χ3n) is 3.28. The number of amides is 2. The van der Waals surface area contributed by atoms with Crippen molar-refractivity contribution < 1.29 is 13.9 Å². The quantitative estimate of drug-likeness (QED) is 0.741. The molecule has 2 aromatic rings. The Bertz CT molecular complexity index is 739. The molecule has 0 unspecified atom stereocenters. The Balaban J connectivity index is 2.06. The number of nitrogens with zero attached hydrogens (tertiary/aromatic N) is 2. The first kappa shape index (κ1) is 18.2. The smallest absolute Gasteiger partial charge is 0.318 e. The van der Waals surface area contributed by atoms with E-state index in [1.165, 1.54) is 12.1 Å². The number of carbonyl (C=O) groups is 1. The van der Waals surface area contributed by atoms with Crippen LogP contribution in [0.3, 0.4) is 0 Å². The Morgan fingerprint density at radius 3 is 2.68 bits per heavy atom. The Labute approximate surface area is 146 Å². The second-order valence-corrected chi connectivity index (χ2v) is 5.17. The zero-order valence-corrected chi connectivity index (χ0v) is 13.8. The molecule has 6 heteroatoms. The number of halogens is 1. The van der Waals surface area contributed by atoms with Crippen LogP contribution in [0.4, 0.5) is 9.18 Å². The van der Waals surface area contributed by atoms with Crippen LogP contribution < -0.4 is 10.1 Å². The molecule has 0 fully saturated rings. The summed E-state index contributed by atoms with van der Waals surface area (Å²) in [5.41, 5.74) is 0.678. The number of ether oxygens (including phenoxy) is 1. The first-order valence-corrected chi connectivity index (χ1v) is 7.76. The van der Waals surface area contributed by atoms with E-state index < -0.39 is 5.82 Å². The summed E-state index contributed by atoms with van der Waals surface area (Å²) < 4.78 is 18.9. The first-order valence-electron chi connectivity index (χ1n) is 7.76. The van der Waals surface area contributed by atoms with E-state index in [4.69, 9.17) is 4.74 Å². The molecule has 1 aromatic heterocycles. The highest BCUT2D eigenvalue weighted by atomic mass is 19.1. The summed E-state index contributed by atoms with van der Waals surface area (Å²) in [6.07, 6.45) is 4.86. The molecule has 0 aliphatic rings. The van der Waals surface area contributed by atoms with Crippen molar-refractivity contribution in [1.82, 2.24) is 15.2 Å². The third-order valence-corrected chi connectivity index (χ3v) is 3.28. The molecule has 0 aliphatic carbocycles. The highest BCUT2D eigenvalue weighted by molar-refractivity contribution is 5.74. The van der Waals surface area contributed by atoms with Crippen LogP contribution in [0.1, 0.15) is 5.56 Å². The second-order valence-electron chi connectivity index (χ2n) is 5.17. The summed E-state index contributed by atoms with van der Waals surface area (Å²) in [4.78, 5) is 17.9. The fraction of sp³-hybridized carbons (Fsp3) is 0.158. The number of nitrogens with one attached hydrogen (secondary N) is 1. The standard InChI is InChI=1S/C19H20FN3O2/c1-3-11-23(12-4-2)19(24)22-14-15-7-6-10-21-18(15)25-17-9-5-8-16(20)13-17/h3-10,13H,1-2,11-12,14H2,(H,22,24). The summed E-state index contributed by atoms with van der Waals surface area (Å²) in [6.45, 7) is 8.32. The maximum atomic E-state index is 13.3. The van der Waals surface area contributed by atoms with Crippen molar-refractivity contribution in [3.05, 3.63) is 79.3 Å². The second kappa shape index (κ2) is 9.22. The summed E-state index contributed by atoms with van der Waals surface area (Å²) in [7, 11) is 0. The van der Waals surface area contributed by atoms with Gasteiger partial charge in [0.2, 0.25) is 5.88 Å². The van der Waals surface area contributed by atoms with Crippen LogP contribution in [0.25, 0.3) is 0 Å². The Morgan fingerprint density at radius 2 is 2.00 bits per heavy atom. The van der Waals surface area contributed by atoms with Crippen molar-refractivity contribution >= 4 is 6.03 Å². The van der Waals surface area contributed by atoms with E-state index in [-0.39, 0.29) is 12.6 Å². The van der Waals surface area contributed by atoms with Gasteiger partial charge in [0.15, 0.2) is 0 Å². The van der Waals surface area contributed by atoms with E-state index in [9.17, 15) is 9.18 Å². The number of hydrogen-bond acceptors (Lipinski definition) is 3. The van der Waals surface area contributed by atoms with Gasteiger partial charge in [-0.3, -0.25) is 0 Å². The van der Waals surface area contributed by atoms with Crippen molar-refractivity contribution in [2.75, 3.05) is 13.1 Å². The number of carbonyl (C=O) groups excluding carboxylic acids is 1. The molecule has 0 atom stereocenters. The Hall–Kier alpha value is -3.15. The van der Waals surface area contributed by atoms with E-state index in [0.29, 0.717) is 30.3 Å². The van der Waals surface area contributed by atoms with Crippen molar-refractivity contribution in [3.8, 4) is 11.6 Å². The molecule has 0 radical (unpaired) electrons. The van der Waals surface area contributed by atoms with Crippen molar-refractivity contribution in [2.24, 2.45) is 0 Å². The molecular weight excluding hydrogens is 321 g/mol. The minimum atomic E-state index is -0.396. The van der Waals surface area contributed by atoms with Crippen LogP contribution in [0.5, 0.6) is 11.6 Å². The number of aromatic nitrogens is 1. The van der Waals surface area contributed by atoms with Crippen LogP contribution in [0.15, 0.2) is 67.9 Å². The van der Waals surface area contributed by atoms with Crippen molar-refractivity contribution in [1.29, 1.82) is 0 Å². The van der Waals surface area contributed by atoms with E-state index >= 15 is 0 Å². The summed E-state index contributed by atoms with van der Waals surface area (Å²) in [5, 5.41) is 2.80. The predicted octanol–water partition coefficient (Wildman–Crippen LogP) is 3.90. The van der Waals surface area contributed by atoms with Gasteiger partial charge in [-0.05, 0) is 18.2 Å². The van der Waals surface area contributed by atoms with Crippen LogP contribution in [-0.2, 0) is 6.54 Å². The zero-order chi connectivity index (χ0) is 18.1. The number of rotatable bonds is 8. The van der Waals surface area contributed by atoms with Gasteiger partial charge in [-0.25, -0.2) is 14.2 Å². The fourth-order valence-electron chi connectivity index (χ4n) is 2.13. The average Bonchev–Trinajstić information content (AvgIpc) is 2.60. The Kier molecular flexibility index (Phi) is 6.71. The largest absolute Gasteiger partial charge is 0.439 e. The molecule has 25 heavy (non-hydrogen) atoms. The number of urea groups is 1. The van der Waals surface area contributed by atoms with Crippen LogP contribution in [0, 0.1) is 5.82 Å². The topological polar surface area (TPSA) is 54.5 Å². The maximum Gasteiger partial charge on any atom is 0.318 e. The zero-order valence-electron chi connectivity index (χ0n) is 13.8. The molecule has 0 bridgehead atoms. The molecule has 2 amide bonds. The fourth-order valence-corrected chi connectivity index (χ4v) is 2.13. The minimum Gasteiger partial charge on any atom is -0.439 e. The van der Waals surface area contributed by atoms with Gasteiger partial charge in [0.25, 0.3) is 0 Å². The van der Waals surface area contributed by atoms with Gasteiger partial charge in [-0.15, -0.1) is 13.2 Å². The Morgan fingerprint density at radius 1 is 1.24 bits per heavy atom. The minimum absolute atomic E-state index is 0.224. The van der Waals surface area contributed by atoms with Gasteiger partial charge >= 0.3 is 6.03 Å². The molecule has 1 heterocycles. The number of pyridine rings is 1. The van der Waals surface area contributed by atoms with E-state index in [1.807, 2.05) is 0 Å². The molecule has 1 aromatic carbocycles. The van der Waals surface area contributed by atoms with E-state index in [2.05, 4.69) is 23.5 Å². The van der Waals surface area contributed by atoms with Gasteiger partial charge < -0.3 is 15.0 Å².